The number of pyridine rings is 1. The number of hydrogen-bond acceptors (Lipinski definition) is 3. The highest BCUT2D eigenvalue weighted by Gasteiger charge is 2.56. The Morgan fingerprint density at radius 1 is 1.56 bits per heavy atom. The van der Waals surface area contributed by atoms with Crippen LogP contribution in [0, 0.1) is 22.7 Å². The Balaban J connectivity index is 1.93. The number of halogens is 1. The van der Waals surface area contributed by atoms with E-state index in [0.717, 1.165) is 18.5 Å². The molecule has 1 aliphatic carbocycles. The first-order valence-electron chi connectivity index (χ1n) is 6.02. The second kappa shape index (κ2) is 4.06. The molecule has 1 unspecified atom stereocenters. The maximum Gasteiger partial charge on any atom is 0.247 e. The van der Waals surface area contributed by atoms with Crippen molar-refractivity contribution in [3.05, 3.63) is 22.9 Å². The maximum atomic E-state index is 12.5. The van der Waals surface area contributed by atoms with Crippen LogP contribution in [-0.4, -0.2) is 17.4 Å². The second-order valence-electron chi connectivity index (χ2n) is 4.90. The Morgan fingerprint density at radius 2 is 2.33 bits per heavy atom. The van der Waals surface area contributed by atoms with Crippen molar-refractivity contribution in [3.63, 3.8) is 0 Å². The summed E-state index contributed by atoms with van der Waals surface area (Å²) in [6, 6.07) is 5.91. The smallest absolute Gasteiger partial charge is 0.247 e. The van der Waals surface area contributed by atoms with Crippen LogP contribution in [0.3, 0.4) is 0 Å². The number of nitrogens with zero attached hydrogens (tertiary/aromatic N) is 3. The van der Waals surface area contributed by atoms with E-state index < -0.39 is 5.41 Å². The van der Waals surface area contributed by atoms with Gasteiger partial charge in [0.15, 0.2) is 0 Å². The highest BCUT2D eigenvalue weighted by atomic mass is 79.9. The van der Waals surface area contributed by atoms with Crippen molar-refractivity contribution in [3.8, 4) is 6.07 Å². The summed E-state index contributed by atoms with van der Waals surface area (Å²) < 4.78 is 0.702. The summed E-state index contributed by atoms with van der Waals surface area (Å²) in [5.41, 5.74) is 0.0510. The summed E-state index contributed by atoms with van der Waals surface area (Å²) in [7, 11) is 0. The fraction of sp³-hybridized carbons (Fsp3) is 0.462. The lowest BCUT2D eigenvalue weighted by molar-refractivity contribution is -0.123. The van der Waals surface area contributed by atoms with Crippen LogP contribution in [-0.2, 0) is 4.79 Å². The standard InChI is InChI=1S/C13H12BrN3O/c14-11-7-10(3-5-16-11)17-6-4-13(8-15,12(17)18)9-1-2-9/h3,5,7,9H,1-2,4,6H2. The van der Waals surface area contributed by atoms with Crippen molar-refractivity contribution in [1.82, 2.24) is 4.98 Å². The normalized spacial score (nSPS) is 27.3. The molecule has 2 aliphatic rings. The van der Waals surface area contributed by atoms with Gasteiger partial charge in [0.25, 0.3) is 0 Å². The maximum absolute atomic E-state index is 12.5. The fourth-order valence-corrected chi connectivity index (χ4v) is 3.05. The van der Waals surface area contributed by atoms with Gasteiger partial charge in [-0.1, -0.05) is 0 Å². The van der Waals surface area contributed by atoms with E-state index in [1.165, 1.54) is 0 Å². The first-order chi connectivity index (χ1) is 8.67. The number of nitriles is 1. The van der Waals surface area contributed by atoms with Gasteiger partial charge in [0.05, 0.1) is 6.07 Å². The summed E-state index contributed by atoms with van der Waals surface area (Å²) in [6.45, 7) is 0.624. The minimum Gasteiger partial charge on any atom is -0.311 e. The highest BCUT2D eigenvalue weighted by molar-refractivity contribution is 9.10. The zero-order valence-corrected chi connectivity index (χ0v) is 11.4. The van der Waals surface area contributed by atoms with Crippen LogP contribution in [0.25, 0.3) is 0 Å². The van der Waals surface area contributed by atoms with Gasteiger partial charge in [-0.15, -0.1) is 0 Å². The predicted molar refractivity (Wildman–Crippen MR) is 69.7 cm³/mol. The average molecular weight is 306 g/mol. The number of rotatable bonds is 2. The number of carbonyl (C=O) groups excluding carboxylic acids is 1. The minimum absolute atomic E-state index is 0.0365. The lowest BCUT2D eigenvalue weighted by Gasteiger charge is -2.20. The molecular formula is C13H12BrN3O. The highest BCUT2D eigenvalue weighted by Crippen LogP contribution is 2.51. The monoisotopic (exact) mass is 305 g/mol. The molecule has 1 aromatic heterocycles. The van der Waals surface area contributed by atoms with E-state index in [0.29, 0.717) is 17.6 Å². The molecule has 92 valence electrons. The van der Waals surface area contributed by atoms with Crippen LogP contribution < -0.4 is 4.90 Å². The molecule has 2 fully saturated rings. The predicted octanol–water partition coefficient (Wildman–Crippen LogP) is 2.50. The third-order valence-corrected chi connectivity index (χ3v) is 4.29. The molecule has 1 amide bonds. The molecule has 4 nitrogen and oxygen atoms in total. The van der Waals surface area contributed by atoms with E-state index in [2.05, 4.69) is 27.0 Å². The number of aromatic nitrogens is 1. The molecule has 0 aromatic carbocycles. The van der Waals surface area contributed by atoms with Gasteiger partial charge in [-0.3, -0.25) is 4.79 Å². The van der Waals surface area contributed by atoms with Crippen molar-refractivity contribution in [2.24, 2.45) is 11.3 Å². The summed E-state index contributed by atoms with van der Waals surface area (Å²) in [6.07, 6.45) is 4.32. The van der Waals surface area contributed by atoms with Gasteiger partial charge in [0, 0.05) is 18.4 Å². The molecule has 0 spiro atoms. The van der Waals surface area contributed by atoms with Crippen molar-refractivity contribution >= 4 is 27.5 Å². The van der Waals surface area contributed by atoms with Crippen LogP contribution in [0.4, 0.5) is 5.69 Å². The third kappa shape index (κ3) is 1.64. The summed E-state index contributed by atoms with van der Waals surface area (Å²) in [5.74, 6) is 0.232. The Kier molecular flexibility index (Phi) is 2.63. The molecule has 0 radical (unpaired) electrons. The molecule has 1 atom stereocenters. The molecule has 18 heavy (non-hydrogen) atoms. The molecule has 2 heterocycles. The lowest BCUT2D eigenvalue weighted by Crippen LogP contribution is -2.35. The number of anilines is 1. The third-order valence-electron chi connectivity index (χ3n) is 3.85. The molecule has 1 saturated heterocycles. The largest absolute Gasteiger partial charge is 0.311 e. The van der Waals surface area contributed by atoms with Crippen molar-refractivity contribution in [1.29, 1.82) is 5.26 Å². The molecule has 3 rings (SSSR count). The SMILES string of the molecule is N#CC1(C2CC2)CCN(c2ccnc(Br)c2)C1=O. The molecule has 1 saturated carbocycles. The van der Waals surface area contributed by atoms with E-state index in [-0.39, 0.29) is 11.8 Å². The molecule has 1 aliphatic heterocycles. The quantitative estimate of drug-likeness (QED) is 0.789. The average Bonchev–Trinajstić information content (AvgIpc) is 3.15. The molecule has 1 aromatic rings. The van der Waals surface area contributed by atoms with E-state index in [4.69, 9.17) is 0 Å². The zero-order chi connectivity index (χ0) is 12.8. The molecule has 0 N–H and O–H groups in total. The van der Waals surface area contributed by atoms with Crippen molar-refractivity contribution in [2.45, 2.75) is 19.3 Å². The number of carbonyl (C=O) groups is 1. The van der Waals surface area contributed by atoms with E-state index in [1.54, 1.807) is 11.1 Å². The van der Waals surface area contributed by atoms with Gasteiger partial charge in [0.1, 0.15) is 10.0 Å². The van der Waals surface area contributed by atoms with Crippen molar-refractivity contribution in [2.75, 3.05) is 11.4 Å². The number of amides is 1. The van der Waals surface area contributed by atoms with E-state index in [9.17, 15) is 10.1 Å². The Bertz CT molecular complexity index is 549. The second-order valence-corrected chi connectivity index (χ2v) is 5.71. The summed E-state index contributed by atoms with van der Waals surface area (Å²) >= 11 is 3.30. The molecular weight excluding hydrogens is 294 g/mol. The van der Waals surface area contributed by atoms with Crippen LogP contribution in [0.15, 0.2) is 22.9 Å². The first kappa shape index (κ1) is 11.7. The topological polar surface area (TPSA) is 57.0 Å². The summed E-state index contributed by atoms with van der Waals surface area (Å²) in [4.78, 5) is 18.3. The van der Waals surface area contributed by atoms with Crippen LogP contribution in [0.1, 0.15) is 19.3 Å². The van der Waals surface area contributed by atoms with Gasteiger partial charge < -0.3 is 4.90 Å². The molecule has 0 bridgehead atoms. The van der Waals surface area contributed by atoms with Crippen LogP contribution >= 0.6 is 15.9 Å². The first-order valence-corrected chi connectivity index (χ1v) is 6.81. The summed E-state index contributed by atoms with van der Waals surface area (Å²) in [5, 5.41) is 9.40. The van der Waals surface area contributed by atoms with Crippen molar-refractivity contribution < 1.29 is 4.79 Å². The van der Waals surface area contributed by atoms with Gasteiger partial charge in [-0.2, -0.15) is 5.26 Å². The Labute approximate surface area is 114 Å². The van der Waals surface area contributed by atoms with Crippen LogP contribution in [0.5, 0.6) is 0 Å². The van der Waals surface area contributed by atoms with Gasteiger partial charge in [0.2, 0.25) is 5.91 Å². The van der Waals surface area contributed by atoms with Gasteiger partial charge in [-0.05, 0) is 53.2 Å². The fourth-order valence-electron chi connectivity index (χ4n) is 2.69. The Morgan fingerprint density at radius 3 is 2.94 bits per heavy atom. The van der Waals surface area contributed by atoms with Crippen LogP contribution in [0.2, 0.25) is 0 Å². The molecule has 5 heteroatoms. The Hall–Kier alpha value is -1.41. The van der Waals surface area contributed by atoms with E-state index in [1.807, 2.05) is 12.1 Å². The minimum atomic E-state index is -0.768. The van der Waals surface area contributed by atoms with Gasteiger partial charge >= 0.3 is 0 Å². The number of hydrogen-bond donors (Lipinski definition) is 0. The lowest BCUT2D eigenvalue weighted by atomic mass is 9.83. The van der Waals surface area contributed by atoms with Gasteiger partial charge in [-0.25, -0.2) is 4.98 Å². The van der Waals surface area contributed by atoms with E-state index >= 15 is 0 Å². The zero-order valence-electron chi connectivity index (χ0n) is 9.77.